The zero-order chi connectivity index (χ0) is 19.0. The molecule has 2 heterocycles. The van der Waals surface area contributed by atoms with Gasteiger partial charge >= 0.3 is 0 Å². The van der Waals surface area contributed by atoms with Gasteiger partial charge in [0.2, 0.25) is 5.91 Å². The van der Waals surface area contributed by atoms with E-state index in [0.29, 0.717) is 5.02 Å². The maximum absolute atomic E-state index is 12.7. The average Bonchev–Trinajstić information content (AvgIpc) is 2.96. The second-order valence-electron chi connectivity index (χ2n) is 6.21. The first-order valence-corrected chi connectivity index (χ1v) is 9.72. The summed E-state index contributed by atoms with van der Waals surface area (Å²) in [5, 5.41) is 5.03. The summed E-state index contributed by atoms with van der Waals surface area (Å²) in [6.45, 7) is 1.87. The maximum Gasteiger partial charge on any atom is 0.237 e. The maximum atomic E-state index is 12.7. The molecule has 1 atom stereocenters. The molecule has 7 heteroatoms. The predicted octanol–water partition coefficient (Wildman–Crippen LogP) is 4.89. The zero-order valence-corrected chi connectivity index (χ0v) is 16.4. The fraction of sp³-hybridized carbons (Fsp3) is 0.150. The van der Waals surface area contributed by atoms with Crippen LogP contribution in [0, 0.1) is 0 Å². The van der Waals surface area contributed by atoms with Crippen molar-refractivity contribution in [2.75, 3.05) is 5.32 Å². The Morgan fingerprint density at radius 1 is 1.19 bits per heavy atom. The molecule has 2 aromatic carbocycles. The van der Waals surface area contributed by atoms with Gasteiger partial charge in [-0.1, -0.05) is 29.4 Å². The van der Waals surface area contributed by atoms with Crippen LogP contribution in [0.25, 0.3) is 21.9 Å². The van der Waals surface area contributed by atoms with Crippen molar-refractivity contribution in [3.05, 3.63) is 59.8 Å². The Kier molecular flexibility index (Phi) is 4.76. The van der Waals surface area contributed by atoms with Crippen LogP contribution in [0.3, 0.4) is 0 Å². The molecule has 1 amide bonds. The Labute approximate surface area is 165 Å². The van der Waals surface area contributed by atoms with Gasteiger partial charge in [-0.05, 0) is 49.4 Å². The number of pyridine rings is 1. The van der Waals surface area contributed by atoms with Gasteiger partial charge < -0.3 is 9.88 Å². The van der Waals surface area contributed by atoms with Gasteiger partial charge in [-0.3, -0.25) is 9.78 Å². The quantitative estimate of drug-likeness (QED) is 0.499. The summed E-state index contributed by atoms with van der Waals surface area (Å²) in [7, 11) is 1.94. The number of fused-ring (bicyclic) bond motifs is 2. The number of hydrogen-bond donors (Lipinski definition) is 1. The number of halogens is 1. The summed E-state index contributed by atoms with van der Waals surface area (Å²) in [6.07, 6.45) is 1.74. The minimum Gasteiger partial charge on any atom is -0.324 e. The van der Waals surface area contributed by atoms with Crippen molar-refractivity contribution in [1.29, 1.82) is 0 Å². The van der Waals surface area contributed by atoms with Crippen molar-refractivity contribution in [3.63, 3.8) is 0 Å². The lowest BCUT2D eigenvalue weighted by Gasteiger charge is -2.13. The lowest BCUT2D eigenvalue weighted by molar-refractivity contribution is -0.115. The Hall–Kier alpha value is -2.57. The molecule has 27 heavy (non-hydrogen) atoms. The number of amides is 1. The zero-order valence-electron chi connectivity index (χ0n) is 14.8. The van der Waals surface area contributed by atoms with E-state index in [2.05, 4.69) is 15.3 Å². The van der Waals surface area contributed by atoms with Gasteiger partial charge in [0.1, 0.15) is 0 Å². The Balaban J connectivity index is 1.55. The lowest BCUT2D eigenvalue weighted by atomic mass is 10.2. The highest BCUT2D eigenvalue weighted by molar-refractivity contribution is 8.00. The highest BCUT2D eigenvalue weighted by atomic mass is 35.5. The van der Waals surface area contributed by atoms with Gasteiger partial charge in [-0.25, -0.2) is 4.98 Å². The van der Waals surface area contributed by atoms with Crippen molar-refractivity contribution in [2.45, 2.75) is 17.3 Å². The van der Waals surface area contributed by atoms with Crippen LogP contribution in [0.1, 0.15) is 6.92 Å². The fourth-order valence-electron chi connectivity index (χ4n) is 2.91. The second kappa shape index (κ2) is 7.21. The summed E-state index contributed by atoms with van der Waals surface area (Å²) in [5.74, 6) is -0.0820. The van der Waals surface area contributed by atoms with Gasteiger partial charge in [0.25, 0.3) is 0 Å². The monoisotopic (exact) mass is 396 g/mol. The van der Waals surface area contributed by atoms with Crippen molar-refractivity contribution < 1.29 is 4.79 Å². The molecule has 0 aliphatic heterocycles. The largest absolute Gasteiger partial charge is 0.324 e. The minimum absolute atomic E-state index is 0.0820. The SMILES string of the molecule is CC(Sc1nc2cc(Cl)ccc2n1C)C(=O)Nc1cccc2ncccc12. The van der Waals surface area contributed by atoms with E-state index in [0.717, 1.165) is 32.8 Å². The van der Waals surface area contributed by atoms with E-state index in [-0.39, 0.29) is 11.2 Å². The number of nitrogens with zero attached hydrogens (tertiary/aromatic N) is 3. The van der Waals surface area contributed by atoms with Gasteiger partial charge in [0.15, 0.2) is 5.16 Å². The van der Waals surface area contributed by atoms with Crippen LogP contribution >= 0.6 is 23.4 Å². The number of imidazole rings is 1. The van der Waals surface area contributed by atoms with Gasteiger partial charge in [0.05, 0.1) is 27.5 Å². The summed E-state index contributed by atoms with van der Waals surface area (Å²) in [4.78, 5) is 21.7. The van der Waals surface area contributed by atoms with Crippen molar-refractivity contribution >= 4 is 56.9 Å². The Morgan fingerprint density at radius 3 is 2.89 bits per heavy atom. The molecule has 0 saturated heterocycles. The Morgan fingerprint density at radius 2 is 2.04 bits per heavy atom. The summed E-state index contributed by atoms with van der Waals surface area (Å²) < 4.78 is 1.97. The summed E-state index contributed by atoms with van der Waals surface area (Å²) >= 11 is 7.46. The molecule has 1 unspecified atom stereocenters. The van der Waals surface area contributed by atoms with Crippen LogP contribution in [0.2, 0.25) is 5.02 Å². The van der Waals surface area contributed by atoms with Gasteiger partial charge in [-0.15, -0.1) is 0 Å². The standard InChI is InChI=1S/C20H17ClN4OS/c1-12(27-20-24-17-11-13(21)8-9-18(17)25(20)2)19(26)23-16-7-3-6-15-14(16)5-4-10-22-15/h3-12H,1-2H3,(H,23,26). The number of nitrogens with one attached hydrogen (secondary N) is 1. The molecule has 0 aliphatic carbocycles. The van der Waals surface area contributed by atoms with E-state index in [1.54, 1.807) is 6.20 Å². The van der Waals surface area contributed by atoms with E-state index >= 15 is 0 Å². The lowest BCUT2D eigenvalue weighted by Crippen LogP contribution is -2.23. The normalized spacial score (nSPS) is 12.4. The summed E-state index contributed by atoms with van der Waals surface area (Å²) in [5.41, 5.74) is 3.41. The number of aryl methyl sites for hydroxylation is 1. The third-order valence-electron chi connectivity index (χ3n) is 4.36. The van der Waals surface area contributed by atoms with Crippen LogP contribution < -0.4 is 5.32 Å². The molecule has 136 valence electrons. The van der Waals surface area contributed by atoms with E-state index in [1.165, 1.54) is 11.8 Å². The third-order valence-corrected chi connectivity index (χ3v) is 5.74. The van der Waals surface area contributed by atoms with Crippen LogP contribution in [-0.2, 0) is 11.8 Å². The molecular weight excluding hydrogens is 380 g/mol. The number of hydrogen-bond acceptors (Lipinski definition) is 4. The summed E-state index contributed by atoms with van der Waals surface area (Å²) in [6, 6.07) is 15.1. The first kappa shape index (κ1) is 17.8. The smallest absolute Gasteiger partial charge is 0.237 e. The topological polar surface area (TPSA) is 59.8 Å². The molecule has 4 aromatic rings. The van der Waals surface area contributed by atoms with E-state index in [1.807, 2.05) is 67.1 Å². The second-order valence-corrected chi connectivity index (χ2v) is 7.96. The molecule has 0 saturated carbocycles. The molecule has 2 aromatic heterocycles. The molecule has 0 spiro atoms. The molecule has 1 N–H and O–H groups in total. The number of rotatable bonds is 4. The third kappa shape index (κ3) is 3.50. The van der Waals surface area contributed by atoms with Crippen molar-refractivity contribution in [2.24, 2.45) is 7.05 Å². The number of carbonyl (C=O) groups is 1. The van der Waals surface area contributed by atoms with Gasteiger partial charge in [-0.2, -0.15) is 0 Å². The first-order valence-electron chi connectivity index (χ1n) is 8.46. The van der Waals surface area contributed by atoms with Crippen molar-refractivity contribution in [1.82, 2.24) is 14.5 Å². The molecule has 0 bridgehead atoms. The predicted molar refractivity (Wildman–Crippen MR) is 111 cm³/mol. The highest BCUT2D eigenvalue weighted by Crippen LogP contribution is 2.29. The highest BCUT2D eigenvalue weighted by Gasteiger charge is 2.19. The number of anilines is 1. The first-order chi connectivity index (χ1) is 13.0. The number of thioether (sulfide) groups is 1. The molecular formula is C20H17ClN4OS. The Bertz CT molecular complexity index is 1150. The van der Waals surface area contributed by atoms with Crippen molar-refractivity contribution in [3.8, 4) is 0 Å². The van der Waals surface area contributed by atoms with Crippen LogP contribution in [0.15, 0.2) is 59.9 Å². The fourth-order valence-corrected chi connectivity index (χ4v) is 3.97. The van der Waals surface area contributed by atoms with E-state index in [9.17, 15) is 4.79 Å². The van der Waals surface area contributed by atoms with E-state index < -0.39 is 0 Å². The van der Waals surface area contributed by atoms with Crippen LogP contribution in [0.5, 0.6) is 0 Å². The van der Waals surface area contributed by atoms with E-state index in [4.69, 9.17) is 11.6 Å². The molecule has 0 aliphatic rings. The average molecular weight is 397 g/mol. The molecule has 0 fully saturated rings. The number of benzene rings is 2. The van der Waals surface area contributed by atoms with Gasteiger partial charge in [0, 0.05) is 23.7 Å². The molecule has 0 radical (unpaired) electrons. The number of aromatic nitrogens is 3. The number of carbonyl (C=O) groups excluding carboxylic acids is 1. The molecule has 5 nitrogen and oxygen atoms in total. The minimum atomic E-state index is -0.317. The molecule has 4 rings (SSSR count). The van der Waals surface area contributed by atoms with Crippen LogP contribution in [-0.4, -0.2) is 25.7 Å². The van der Waals surface area contributed by atoms with Crippen LogP contribution in [0.4, 0.5) is 5.69 Å².